The van der Waals surface area contributed by atoms with Crippen molar-refractivity contribution in [3.63, 3.8) is 0 Å². The van der Waals surface area contributed by atoms with Gasteiger partial charge < -0.3 is 15.0 Å². The number of aromatic nitrogens is 1. The van der Waals surface area contributed by atoms with Gasteiger partial charge in [-0.3, -0.25) is 4.79 Å². The Hall–Kier alpha value is -2.06. The maximum Gasteiger partial charge on any atom is 0.410 e. The van der Waals surface area contributed by atoms with Gasteiger partial charge in [0.1, 0.15) is 0 Å². The molecule has 138 valence electrons. The number of thioether (sulfide) groups is 1. The Morgan fingerprint density at radius 3 is 2.92 bits per heavy atom. The van der Waals surface area contributed by atoms with Gasteiger partial charge in [-0.05, 0) is 12.5 Å². The topological polar surface area (TPSA) is 71.5 Å². The minimum atomic E-state index is -0.297. The van der Waals surface area contributed by atoms with E-state index in [2.05, 4.69) is 22.4 Å². The van der Waals surface area contributed by atoms with E-state index in [0.717, 1.165) is 16.3 Å². The molecular formula is C18H21N3O3S2. The van der Waals surface area contributed by atoms with Gasteiger partial charge in [0.05, 0.1) is 24.6 Å². The zero-order valence-electron chi connectivity index (χ0n) is 14.6. The maximum absolute atomic E-state index is 12.1. The Morgan fingerprint density at radius 2 is 2.15 bits per heavy atom. The first-order valence-corrected chi connectivity index (χ1v) is 10.4. The lowest BCUT2D eigenvalue weighted by atomic mass is 10.2. The number of carbonyl (C=O) groups is 2. The minimum Gasteiger partial charge on any atom is -0.450 e. The first-order valence-electron chi connectivity index (χ1n) is 8.47. The lowest BCUT2D eigenvalue weighted by Crippen LogP contribution is -2.35. The molecule has 0 saturated heterocycles. The maximum atomic E-state index is 12.1. The molecule has 2 amide bonds. The van der Waals surface area contributed by atoms with Crippen LogP contribution in [0.5, 0.6) is 0 Å². The van der Waals surface area contributed by atoms with Gasteiger partial charge in [-0.2, -0.15) is 0 Å². The summed E-state index contributed by atoms with van der Waals surface area (Å²) in [7, 11) is 0. The molecule has 0 atom stereocenters. The molecule has 1 aliphatic heterocycles. The molecule has 1 aromatic carbocycles. The molecule has 1 aliphatic rings. The van der Waals surface area contributed by atoms with Crippen molar-refractivity contribution < 1.29 is 14.3 Å². The van der Waals surface area contributed by atoms with Crippen LogP contribution in [0.3, 0.4) is 0 Å². The van der Waals surface area contributed by atoms with Crippen molar-refractivity contribution in [2.75, 3.05) is 24.2 Å². The predicted molar refractivity (Wildman–Crippen MR) is 104 cm³/mol. The number of benzene rings is 1. The molecule has 0 saturated carbocycles. The summed E-state index contributed by atoms with van der Waals surface area (Å²) in [6, 6.07) is 10.1. The molecular weight excluding hydrogens is 370 g/mol. The lowest BCUT2D eigenvalue weighted by Gasteiger charge is -2.24. The van der Waals surface area contributed by atoms with E-state index in [1.165, 1.54) is 16.9 Å². The van der Waals surface area contributed by atoms with Crippen LogP contribution in [0.4, 0.5) is 9.93 Å². The molecule has 26 heavy (non-hydrogen) atoms. The zero-order valence-corrected chi connectivity index (χ0v) is 16.2. The third-order valence-electron chi connectivity index (χ3n) is 3.85. The van der Waals surface area contributed by atoms with Gasteiger partial charge in [0, 0.05) is 23.6 Å². The molecule has 2 heterocycles. The highest BCUT2D eigenvalue weighted by Gasteiger charge is 2.25. The third-order valence-corrected chi connectivity index (χ3v) is 5.85. The van der Waals surface area contributed by atoms with Crippen LogP contribution in [0.25, 0.3) is 0 Å². The summed E-state index contributed by atoms with van der Waals surface area (Å²) in [4.78, 5) is 31.1. The van der Waals surface area contributed by atoms with E-state index in [1.807, 2.05) is 18.2 Å². The van der Waals surface area contributed by atoms with E-state index in [4.69, 9.17) is 4.74 Å². The zero-order chi connectivity index (χ0) is 18.4. The van der Waals surface area contributed by atoms with Crippen molar-refractivity contribution in [2.24, 2.45) is 0 Å². The van der Waals surface area contributed by atoms with Crippen molar-refractivity contribution in [1.29, 1.82) is 0 Å². The standard InChI is InChI=1S/C18H21N3O3S2/c1-2-24-18(23)21-9-8-14-15(10-21)26-17(19-14)20-16(22)12-25-11-13-6-4-3-5-7-13/h3-7H,2,8-12H2,1H3,(H,19,20,22). The number of thiazole rings is 1. The monoisotopic (exact) mass is 391 g/mol. The average molecular weight is 392 g/mol. The normalized spacial score (nSPS) is 13.2. The molecule has 0 fully saturated rings. The Bertz CT molecular complexity index is 764. The van der Waals surface area contributed by atoms with Crippen LogP contribution in [0.2, 0.25) is 0 Å². The predicted octanol–water partition coefficient (Wildman–Crippen LogP) is 3.53. The van der Waals surface area contributed by atoms with Crippen LogP contribution in [-0.2, 0) is 28.2 Å². The molecule has 3 rings (SSSR count). The Labute approximate surface area is 160 Å². The van der Waals surface area contributed by atoms with Crippen molar-refractivity contribution >= 4 is 40.2 Å². The van der Waals surface area contributed by atoms with Crippen LogP contribution < -0.4 is 5.32 Å². The Balaban J connectivity index is 1.49. The van der Waals surface area contributed by atoms with Crippen molar-refractivity contribution in [1.82, 2.24) is 9.88 Å². The number of amides is 2. The van der Waals surface area contributed by atoms with Gasteiger partial charge in [-0.25, -0.2) is 9.78 Å². The van der Waals surface area contributed by atoms with Gasteiger partial charge in [0.15, 0.2) is 5.13 Å². The number of nitrogens with one attached hydrogen (secondary N) is 1. The van der Waals surface area contributed by atoms with E-state index < -0.39 is 0 Å². The summed E-state index contributed by atoms with van der Waals surface area (Å²) in [5.41, 5.74) is 2.16. The number of hydrogen-bond acceptors (Lipinski definition) is 6. The molecule has 0 aliphatic carbocycles. The molecule has 1 aromatic heterocycles. The lowest BCUT2D eigenvalue weighted by molar-refractivity contribution is -0.113. The van der Waals surface area contributed by atoms with Crippen molar-refractivity contribution in [2.45, 2.75) is 25.6 Å². The second-order valence-corrected chi connectivity index (χ2v) is 7.86. The SMILES string of the molecule is CCOC(=O)N1CCc2nc(NC(=O)CSCc3ccccc3)sc2C1. The number of anilines is 1. The van der Waals surface area contributed by atoms with Crippen LogP contribution in [0.15, 0.2) is 30.3 Å². The highest BCUT2D eigenvalue weighted by molar-refractivity contribution is 7.99. The fourth-order valence-corrected chi connectivity index (χ4v) is 4.44. The molecule has 0 radical (unpaired) electrons. The highest BCUT2D eigenvalue weighted by Crippen LogP contribution is 2.28. The Morgan fingerprint density at radius 1 is 1.35 bits per heavy atom. The summed E-state index contributed by atoms with van der Waals surface area (Å²) >= 11 is 3.00. The first-order chi connectivity index (χ1) is 12.7. The summed E-state index contributed by atoms with van der Waals surface area (Å²) in [6.07, 6.45) is 0.387. The molecule has 8 heteroatoms. The number of carbonyl (C=O) groups excluding carboxylic acids is 2. The first kappa shape index (κ1) is 18.7. The molecule has 0 unspecified atom stereocenters. The van der Waals surface area contributed by atoms with Gasteiger partial charge in [-0.1, -0.05) is 41.7 Å². The number of hydrogen-bond donors (Lipinski definition) is 1. The van der Waals surface area contributed by atoms with E-state index in [-0.39, 0.29) is 12.0 Å². The van der Waals surface area contributed by atoms with E-state index in [1.54, 1.807) is 23.6 Å². The molecule has 1 N–H and O–H groups in total. The fourth-order valence-electron chi connectivity index (χ4n) is 2.61. The van der Waals surface area contributed by atoms with E-state index in [0.29, 0.717) is 37.0 Å². The van der Waals surface area contributed by atoms with Gasteiger partial charge in [0.25, 0.3) is 0 Å². The summed E-state index contributed by atoms with van der Waals surface area (Å²) < 4.78 is 5.05. The summed E-state index contributed by atoms with van der Waals surface area (Å²) in [6.45, 7) is 3.25. The Kier molecular flexibility index (Phi) is 6.51. The quantitative estimate of drug-likeness (QED) is 0.816. The summed E-state index contributed by atoms with van der Waals surface area (Å²) in [5, 5.41) is 3.47. The number of ether oxygens (including phenoxy) is 1. The third kappa shape index (κ3) is 4.98. The summed E-state index contributed by atoms with van der Waals surface area (Å²) in [5.74, 6) is 1.13. The van der Waals surface area contributed by atoms with Crippen molar-refractivity contribution in [3.8, 4) is 0 Å². The molecule has 0 bridgehead atoms. The average Bonchev–Trinajstić information content (AvgIpc) is 3.04. The minimum absolute atomic E-state index is 0.0562. The van der Waals surface area contributed by atoms with Crippen LogP contribution >= 0.6 is 23.1 Å². The number of fused-ring (bicyclic) bond motifs is 1. The van der Waals surface area contributed by atoms with Gasteiger partial charge in [-0.15, -0.1) is 11.8 Å². The smallest absolute Gasteiger partial charge is 0.410 e. The van der Waals surface area contributed by atoms with E-state index >= 15 is 0 Å². The highest BCUT2D eigenvalue weighted by atomic mass is 32.2. The molecule has 6 nitrogen and oxygen atoms in total. The second-order valence-electron chi connectivity index (χ2n) is 5.79. The van der Waals surface area contributed by atoms with E-state index in [9.17, 15) is 9.59 Å². The van der Waals surface area contributed by atoms with Crippen molar-refractivity contribution in [3.05, 3.63) is 46.5 Å². The largest absolute Gasteiger partial charge is 0.450 e. The van der Waals surface area contributed by atoms with Crippen LogP contribution in [-0.4, -0.2) is 40.8 Å². The second kappa shape index (κ2) is 9.05. The number of rotatable bonds is 6. The van der Waals surface area contributed by atoms with Gasteiger partial charge in [0.2, 0.25) is 5.91 Å². The fraction of sp³-hybridized carbons (Fsp3) is 0.389. The molecule has 2 aromatic rings. The van der Waals surface area contributed by atoms with Crippen LogP contribution in [0, 0.1) is 0 Å². The molecule has 0 spiro atoms. The van der Waals surface area contributed by atoms with Gasteiger partial charge >= 0.3 is 6.09 Å². The number of nitrogens with zero attached hydrogens (tertiary/aromatic N) is 2. The van der Waals surface area contributed by atoms with Crippen LogP contribution in [0.1, 0.15) is 23.1 Å².